The van der Waals surface area contributed by atoms with Gasteiger partial charge in [-0.2, -0.15) is 0 Å². The third-order valence-electron chi connectivity index (χ3n) is 4.02. The number of aromatic nitrogens is 1. The number of methoxy groups -OCH3 is 1. The van der Waals surface area contributed by atoms with Gasteiger partial charge in [-0.25, -0.2) is 0 Å². The molecule has 1 aliphatic rings. The first-order valence-corrected chi connectivity index (χ1v) is 8.00. The van der Waals surface area contributed by atoms with Gasteiger partial charge in [0.1, 0.15) is 11.3 Å². The van der Waals surface area contributed by atoms with E-state index in [-0.39, 0.29) is 17.2 Å². The average molecular weight is 355 g/mol. The monoisotopic (exact) mass is 355 g/mol. The van der Waals surface area contributed by atoms with Gasteiger partial charge in [0, 0.05) is 36.3 Å². The Bertz CT molecular complexity index is 942. The Hall–Kier alpha value is -2.93. The van der Waals surface area contributed by atoms with Crippen LogP contribution in [0.2, 0.25) is 0 Å². The molecule has 1 N–H and O–H groups in total. The molecule has 1 aliphatic heterocycles. The number of carbonyl (C=O) groups is 2. The molecule has 0 radical (unpaired) electrons. The predicted molar refractivity (Wildman–Crippen MR) is 100 cm³/mol. The van der Waals surface area contributed by atoms with Crippen LogP contribution in [0.15, 0.2) is 42.6 Å². The van der Waals surface area contributed by atoms with Gasteiger partial charge in [0.25, 0.3) is 11.8 Å². The van der Waals surface area contributed by atoms with Crippen LogP contribution in [0.4, 0.5) is 0 Å². The lowest BCUT2D eigenvalue weighted by molar-refractivity contribution is -0.128. The third kappa shape index (κ3) is 2.94. The van der Waals surface area contributed by atoms with Crippen LogP contribution in [-0.2, 0) is 16.6 Å². The zero-order valence-electron chi connectivity index (χ0n) is 13.9. The van der Waals surface area contributed by atoms with Gasteiger partial charge < -0.3 is 9.30 Å². The van der Waals surface area contributed by atoms with E-state index in [2.05, 4.69) is 11.9 Å². The molecule has 25 heavy (non-hydrogen) atoms. The second-order valence-electron chi connectivity index (χ2n) is 5.60. The molecule has 1 aromatic heterocycles. The largest absolute Gasteiger partial charge is 0.497 e. The summed E-state index contributed by atoms with van der Waals surface area (Å²) in [7, 11) is 3.49. The van der Waals surface area contributed by atoms with Crippen molar-refractivity contribution in [2.75, 3.05) is 13.7 Å². The maximum atomic E-state index is 12.6. The second kappa shape index (κ2) is 6.52. The summed E-state index contributed by atoms with van der Waals surface area (Å²) in [5.74, 6) is -0.240. The fourth-order valence-electron chi connectivity index (χ4n) is 2.79. The number of rotatable bonds is 4. The number of nitrogens with zero attached hydrogens (tertiary/aromatic N) is 2. The summed E-state index contributed by atoms with van der Waals surface area (Å²) in [4.78, 5) is 26.2. The molecule has 2 aromatic rings. The van der Waals surface area contributed by atoms with Crippen molar-refractivity contribution in [1.82, 2.24) is 14.8 Å². The number of carbonyl (C=O) groups excluding carboxylic acids is 2. The van der Waals surface area contributed by atoms with Gasteiger partial charge in [0.2, 0.25) is 0 Å². The van der Waals surface area contributed by atoms with E-state index in [1.807, 2.05) is 36.0 Å². The molecule has 2 heterocycles. The Balaban J connectivity index is 2.11. The standard InChI is InChI=1S/C18H17N3O3S/c1-4-7-21-17(23)14(16(22)19-18(21)25)8-11-10-20(2)15-6-5-12(24-3)9-13(11)15/h4-6,8-10H,1,7H2,2-3H3,(H,19,22,25). The van der Waals surface area contributed by atoms with Crippen LogP contribution in [0.5, 0.6) is 5.75 Å². The van der Waals surface area contributed by atoms with Crippen LogP contribution < -0.4 is 10.1 Å². The van der Waals surface area contributed by atoms with Crippen molar-refractivity contribution in [2.45, 2.75) is 0 Å². The first-order valence-electron chi connectivity index (χ1n) is 7.59. The quantitative estimate of drug-likeness (QED) is 0.394. The van der Waals surface area contributed by atoms with Crippen LogP contribution in [0.1, 0.15) is 5.56 Å². The molecule has 0 spiro atoms. The Morgan fingerprint density at radius 3 is 2.80 bits per heavy atom. The third-order valence-corrected chi connectivity index (χ3v) is 4.35. The molecule has 0 unspecified atom stereocenters. The molecule has 1 aromatic carbocycles. The SMILES string of the molecule is C=CCN1C(=O)C(=Cc2cn(C)c3ccc(OC)cc23)C(=O)NC1=S. The van der Waals surface area contributed by atoms with Crippen molar-refractivity contribution < 1.29 is 14.3 Å². The molecular formula is C18H17N3O3S. The predicted octanol–water partition coefficient (Wildman–Crippen LogP) is 2.00. The number of amides is 2. The van der Waals surface area contributed by atoms with Gasteiger partial charge in [-0.05, 0) is 36.5 Å². The number of ether oxygens (including phenoxy) is 1. The van der Waals surface area contributed by atoms with E-state index < -0.39 is 11.8 Å². The summed E-state index contributed by atoms with van der Waals surface area (Å²) >= 11 is 5.06. The molecule has 128 valence electrons. The lowest BCUT2D eigenvalue weighted by Gasteiger charge is -2.27. The second-order valence-corrected chi connectivity index (χ2v) is 5.99. The molecule has 0 atom stereocenters. The summed E-state index contributed by atoms with van der Waals surface area (Å²) in [6.07, 6.45) is 5.00. The topological polar surface area (TPSA) is 63.6 Å². The number of hydrogen-bond acceptors (Lipinski definition) is 4. The highest BCUT2D eigenvalue weighted by Gasteiger charge is 2.32. The van der Waals surface area contributed by atoms with Crippen molar-refractivity contribution in [1.29, 1.82) is 0 Å². The zero-order valence-corrected chi connectivity index (χ0v) is 14.7. The zero-order chi connectivity index (χ0) is 18.1. The van der Waals surface area contributed by atoms with Gasteiger partial charge in [-0.15, -0.1) is 6.58 Å². The minimum atomic E-state index is -0.504. The van der Waals surface area contributed by atoms with E-state index in [4.69, 9.17) is 17.0 Å². The van der Waals surface area contributed by atoms with E-state index in [0.29, 0.717) is 5.75 Å². The van der Waals surface area contributed by atoms with Crippen LogP contribution in [-0.4, -0.2) is 40.0 Å². The highest BCUT2D eigenvalue weighted by molar-refractivity contribution is 7.80. The van der Waals surface area contributed by atoms with Gasteiger partial charge >= 0.3 is 0 Å². The number of benzene rings is 1. The Kier molecular flexibility index (Phi) is 4.41. The summed E-state index contributed by atoms with van der Waals surface area (Å²) in [6, 6.07) is 5.67. The minimum absolute atomic E-state index is 0.0331. The highest BCUT2D eigenvalue weighted by Crippen LogP contribution is 2.27. The molecule has 0 saturated carbocycles. The van der Waals surface area contributed by atoms with Crippen LogP contribution in [0.3, 0.4) is 0 Å². The maximum absolute atomic E-state index is 12.6. The van der Waals surface area contributed by atoms with E-state index in [0.717, 1.165) is 16.5 Å². The van der Waals surface area contributed by atoms with Gasteiger partial charge in [-0.3, -0.25) is 19.8 Å². The lowest BCUT2D eigenvalue weighted by Crippen LogP contribution is -2.53. The average Bonchev–Trinajstić information content (AvgIpc) is 2.90. The lowest BCUT2D eigenvalue weighted by atomic mass is 10.1. The molecule has 1 saturated heterocycles. The molecule has 1 fully saturated rings. The van der Waals surface area contributed by atoms with E-state index >= 15 is 0 Å². The van der Waals surface area contributed by atoms with Crippen LogP contribution in [0, 0.1) is 0 Å². The number of nitrogens with one attached hydrogen (secondary N) is 1. The number of thiocarbonyl (C=S) groups is 1. The molecule has 6 nitrogen and oxygen atoms in total. The molecule has 0 aliphatic carbocycles. The molecule has 7 heteroatoms. The Morgan fingerprint density at radius 1 is 1.36 bits per heavy atom. The summed E-state index contributed by atoms with van der Waals surface area (Å²) in [5, 5.41) is 3.52. The summed E-state index contributed by atoms with van der Waals surface area (Å²) < 4.78 is 7.20. The fourth-order valence-corrected chi connectivity index (χ4v) is 3.04. The smallest absolute Gasteiger partial charge is 0.265 e. The molecule has 2 amide bonds. The fraction of sp³-hybridized carbons (Fsp3) is 0.167. The minimum Gasteiger partial charge on any atom is -0.497 e. The summed E-state index contributed by atoms with van der Waals surface area (Å²) in [5.41, 5.74) is 1.75. The number of hydrogen-bond donors (Lipinski definition) is 1. The number of fused-ring (bicyclic) bond motifs is 1. The van der Waals surface area contributed by atoms with Crippen molar-refractivity contribution in [2.24, 2.45) is 7.05 Å². The molecule has 3 rings (SSSR count). The molecule has 0 bridgehead atoms. The number of aryl methyl sites for hydroxylation is 1. The van der Waals surface area contributed by atoms with Gasteiger partial charge in [-0.1, -0.05) is 6.08 Å². The van der Waals surface area contributed by atoms with Crippen LogP contribution in [0.25, 0.3) is 17.0 Å². The molecular weight excluding hydrogens is 338 g/mol. The first kappa shape index (κ1) is 16.9. The summed E-state index contributed by atoms with van der Waals surface area (Å²) in [6.45, 7) is 3.85. The maximum Gasteiger partial charge on any atom is 0.265 e. The van der Waals surface area contributed by atoms with E-state index in [1.165, 1.54) is 4.90 Å². The van der Waals surface area contributed by atoms with E-state index in [1.54, 1.807) is 19.3 Å². The van der Waals surface area contributed by atoms with Crippen LogP contribution >= 0.6 is 12.2 Å². The normalized spacial score (nSPS) is 16.5. The van der Waals surface area contributed by atoms with Crippen molar-refractivity contribution in [3.63, 3.8) is 0 Å². The Morgan fingerprint density at radius 2 is 2.12 bits per heavy atom. The van der Waals surface area contributed by atoms with Crippen molar-refractivity contribution in [3.8, 4) is 5.75 Å². The first-order chi connectivity index (χ1) is 12.0. The van der Waals surface area contributed by atoms with Crippen molar-refractivity contribution in [3.05, 3.63) is 48.2 Å². The van der Waals surface area contributed by atoms with E-state index in [9.17, 15) is 9.59 Å². The van der Waals surface area contributed by atoms with Crippen molar-refractivity contribution >= 4 is 46.1 Å². The highest BCUT2D eigenvalue weighted by atomic mass is 32.1. The van der Waals surface area contributed by atoms with Gasteiger partial charge in [0.15, 0.2) is 5.11 Å². The Labute approximate surface area is 150 Å². The van der Waals surface area contributed by atoms with Gasteiger partial charge in [0.05, 0.1) is 7.11 Å².